The minimum absolute atomic E-state index is 0.632. The molecule has 0 fully saturated rings. The fraction of sp³-hybridized carbons (Fsp3) is 0.400. The van der Waals surface area contributed by atoms with Crippen LogP contribution in [0.2, 0.25) is 0 Å². The van der Waals surface area contributed by atoms with Crippen LogP contribution in [0.15, 0.2) is 11.5 Å². The van der Waals surface area contributed by atoms with E-state index in [-0.39, 0.29) is 0 Å². The second-order valence-electron chi connectivity index (χ2n) is 1.51. The summed E-state index contributed by atoms with van der Waals surface area (Å²) >= 11 is 3.49. The van der Waals surface area contributed by atoms with E-state index in [0.29, 0.717) is 0 Å². The molecular formula is C5H5F3OS. The monoisotopic (exact) mass is 170 g/mol. The third-order valence-electron chi connectivity index (χ3n) is 0.725. The van der Waals surface area contributed by atoms with Crippen LogP contribution in [0.5, 0.6) is 0 Å². The minimum atomic E-state index is -4.71. The van der Waals surface area contributed by atoms with Crippen LogP contribution in [0.1, 0.15) is 6.42 Å². The second-order valence-corrected chi connectivity index (χ2v) is 1.81. The molecule has 0 spiro atoms. The molecule has 0 heterocycles. The van der Waals surface area contributed by atoms with E-state index in [0.717, 1.165) is 11.5 Å². The molecule has 0 radical (unpaired) electrons. The van der Waals surface area contributed by atoms with Gasteiger partial charge in [-0.05, 0) is 5.41 Å². The van der Waals surface area contributed by atoms with Gasteiger partial charge in [0.25, 0.3) is 0 Å². The van der Waals surface area contributed by atoms with Crippen molar-refractivity contribution >= 4 is 18.4 Å². The number of rotatable bonds is 2. The molecule has 0 aliphatic carbocycles. The number of hydrogen-bond donors (Lipinski definition) is 1. The number of halogens is 3. The molecule has 0 N–H and O–H groups in total. The van der Waals surface area contributed by atoms with Crippen LogP contribution < -0.4 is 0 Å². The van der Waals surface area contributed by atoms with Crippen molar-refractivity contribution in [3.05, 3.63) is 11.5 Å². The van der Waals surface area contributed by atoms with Gasteiger partial charge in [-0.15, -0.1) is 0 Å². The second kappa shape index (κ2) is 3.65. The first-order chi connectivity index (χ1) is 4.48. The molecule has 0 aromatic rings. The van der Waals surface area contributed by atoms with Crippen molar-refractivity contribution in [1.29, 1.82) is 0 Å². The molecule has 0 rings (SSSR count). The summed E-state index contributed by atoms with van der Waals surface area (Å²) in [5.74, 6) is -1.75. The Labute approximate surface area is 61.3 Å². The predicted octanol–water partition coefficient (Wildman–Crippen LogP) is 1.95. The molecule has 0 aromatic carbocycles. The van der Waals surface area contributed by atoms with Gasteiger partial charge in [-0.3, -0.25) is 4.79 Å². The van der Waals surface area contributed by atoms with Gasteiger partial charge >= 0.3 is 6.18 Å². The van der Waals surface area contributed by atoms with Gasteiger partial charge in [0, 0.05) is 6.42 Å². The number of carbonyl (C=O) groups is 1. The zero-order valence-electron chi connectivity index (χ0n) is 4.85. The topological polar surface area (TPSA) is 17.1 Å². The Hall–Kier alpha value is -0.450. The molecular weight excluding hydrogens is 165 g/mol. The number of Topliss-reactive ketones (excluding diaryl/α,β-unsaturated/α-hetero) is 1. The summed E-state index contributed by atoms with van der Waals surface area (Å²) in [5.41, 5.74) is 0. The Morgan fingerprint density at radius 2 is 2.00 bits per heavy atom. The van der Waals surface area contributed by atoms with Crippen LogP contribution in [0.4, 0.5) is 13.2 Å². The molecule has 58 valence electrons. The third-order valence-corrected chi connectivity index (χ3v) is 0.936. The molecule has 5 heteroatoms. The highest BCUT2D eigenvalue weighted by Gasteiger charge is 2.36. The third kappa shape index (κ3) is 3.55. The zero-order valence-corrected chi connectivity index (χ0v) is 5.75. The van der Waals surface area contributed by atoms with E-state index in [1.807, 2.05) is 0 Å². The molecule has 0 saturated heterocycles. The smallest absolute Gasteiger partial charge is 0.289 e. The van der Waals surface area contributed by atoms with E-state index in [9.17, 15) is 18.0 Å². The molecule has 0 saturated carbocycles. The van der Waals surface area contributed by atoms with Gasteiger partial charge in [0.15, 0.2) is 0 Å². The van der Waals surface area contributed by atoms with Gasteiger partial charge in [-0.2, -0.15) is 25.8 Å². The number of alkyl halides is 3. The first-order valence-corrected chi connectivity index (χ1v) is 2.89. The Kier molecular flexibility index (Phi) is 3.49. The highest BCUT2D eigenvalue weighted by atomic mass is 32.1. The highest BCUT2D eigenvalue weighted by molar-refractivity contribution is 7.83. The molecule has 0 aromatic heterocycles. The van der Waals surface area contributed by atoms with Crippen molar-refractivity contribution in [2.75, 3.05) is 0 Å². The van der Waals surface area contributed by atoms with E-state index in [4.69, 9.17) is 0 Å². The summed E-state index contributed by atoms with van der Waals surface area (Å²) in [6, 6.07) is 0. The lowest BCUT2D eigenvalue weighted by atomic mass is 10.3. The van der Waals surface area contributed by atoms with Gasteiger partial charge in [0.05, 0.1) is 0 Å². The summed E-state index contributed by atoms with van der Waals surface area (Å²) in [6.07, 6.45) is -4.31. The molecule has 1 nitrogen and oxygen atoms in total. The normalized spacial score (nSPS) is 12.4. The number of hydrogen-bond acceptors (Lipinski definition) is 2. The summed E-state index contributed by atoms with van der Waals surface area (Å²) in [7, 11) is 0. The lowest BCUT2D eigenvalue weighted by Crippen LogP contribution is -2.21. The van der Waals surface area contributed by atoms with Gasteiger partial charge in [0.1, 0.15) is 0 Å². The summed E-state index contributed by atoms with van der Waals surface area (Å²) < 4.78 is 34.1. The number of carbonyl (C=O) groups excluding carboxylic acids is 1. The Balaban J connectivity index is 3.86. The average molecular weight is 170 g/mol. The first-order valence-electron chi connectivity index (χ1n) is 2.37. The Bertz CT molecular complexity index is 149. The van der Waals surface area contributed by atoms with E-state index in [1.54, 1.807) is 0 Å². The van der Waals surface area contributed by atoms with Crippen molar-refractivity contribution in [1.82, 2.24) is 0 Å². The van der Waals surface area contributed by atoms with E-state index < -0.39 is 18.4 Å². The maximum atomic E-state index is 11.4. The molecule has 0 unspecified atom stereocenters. The van der Waals surface area contributed by atoms with Crippen molar-refractivity contribution in [2.24, 2.45) is 0 Å². The van der Waals surface area contributed by atoms with Crippen molar-refractivity contribution < 1.29 is 18.0 Å². The van der Waals surface area contributed by atoms with Crippen LogP contribution in [0, 0.1) is 0 Å². The number of ketones is 1. The van der Waals surface area contributed by atoms with Crippen molar-refractivity contribution in [3.63, 3.8) is 0 Å². The van der Waals surface area contributed by atoms with Gasteiger partial charge in [-0.25, -0.2) is 0 Å². The Morgan fingerprint density at radius 3 is 2.30 bits per heavy atom. The van der Waals surface area contributed by atoms with E-state index in [2.05, 4.69) is 12.6 Å². The molecule has 0 atom stereocenters. The fourth-order valence-corrected chi connectivity index (χ4v) is 0.381. The predicted molar refractivity (Wildman–Crippen MR) is 33.8 cm³/mol. The minimum Gasteiger partial charge on any atom is -0.289 e. The molecule has 0 aliphatic heterocycles. The number of allylic oxidation sites excluding steroid dienone is 1. The van der Waals surface area contributed by atoms with Gasteiger partial charge in [0.2, 0.25) is 5.78 Å². The summed E-state index contributed by atoms with van der Waals surface area (Å²) in [4.78, 5) is 10.0. The van der Waals surface area contributed by atoms with Crippen LogP contribution in [0.25, 0.3) is 0 Å². The van der Waals surface area contributed by atoms with Crippen LogP contribution >= 0.6 is 12.6 Å². The Morgan fingerprint density at radius 1 is 1.50 bits per heavy atom. The quantitative estimate of drug-likeness (QED) is 0.627. The van der Waals surface area contributed by atoms with Crippen LogP contribution in [-0.4, -0.2) is 12.0 Å². The highest BCUT2D eigenvalue weighted by Crippen LogP contribution is 2.17. The van der Waals surface area contributed by atoms with Crippen LogP contribution in [-0.2, 0) is 4.79 Å². The van der Waals surface area contributed by atoms with Crippen molar-refractivity contribution in [3.8, 4) is 0 Å². The summed E-state index contributed by atoms with van der Waals surface area (Å²) in [6.45, 7) is 0. The largest absolute Gasteiger partial charge is 0.450 e. The maximum Gasteiger partial charge on any atom is 0.450 e. The molecule has 0 aliphatic rings. The van der Waals surface area contributed by atoms with Crippen LogP contribution in [0.3, 0.4) is 0 Å². The zero-order chi connectivity index (χ0) is 8.20. The molecule has 0 amide bonds. The van der Waals surface area contributed by atoms with Crippen molar-refractivity contribution in [2.45, 2.75) is 12.6 Å². The van der Waals surface area contributed by atoms with Gasteiger partial charge < -0.3 is 0 Å². The average Bonchev–Trinajstić information content (AvgIpc) is 1.80. The standard InChI is InChI=1S/C5H5F3OS/c6-5(7,8)4(9)2-1-3-10/h1,3,10H,2H2/b3-1-. The molecule has 10 heavy (non-hydrogen) atoms. The van der Waals surface area contributed by atoms with E-state index >= 15 is 0 Å². The lowest BCUT2D eigenvalue weighted by molar-refractivity contribution is -0.170. The maximum absolute atomic E-state index is 11.4. The lowest BCUT2D eigenvalue weighted by Gasteiger charge is -2.00. The molecule has 0 bridgehead atoms. The first kappa shape index (κ1) is 9.55. The SMILES string of the molecule is O=C(C/C=C\S)C(F)(F)F. The van der Waals surface area contributed by atoms with E-state index in [1.165, 1.54) is 0 Å². The number of thiol groups is 1. The fourth-order valence-electron chi connectivity index (χ4n) is 0.275. The van der Waals surface area contributed by atoms with Gasteiger partial charge in [-0.1, -0.05) is 6.08 Å². The summed E-state index contributed by atoms with van der Waals surface area (Å²) in [5, 5.41) is 1.10.